The maximum absolute atomic E-state index is 12.4. The maximum Gasteiger partial charge on any atom is 0.243 e. The molecule has 8 heteroatoms. The Morgan fingerprint density at radius 2 is 1.52 bits per heavy atom. The van der Waals surface area contributed by atoms with Crippen LogP contribution in [0.3, 0.4) is 0 Å². The molecule has 0 aliphatic heterocycles. The number of amides is 3. The second-order valence-corrected chi connectivity index (χ2v) is 7.57. The van der Waals surface area contributed by atoms with Crippen LogP contribution >= 0.6 is 0 Å². The lowest BCUT2D eigenvalue weighted by Gasteiger charge is -2.21. The number of carbonyl (C=O) groups is 3. The molecule has 0 spiro atoms. The molecule has 31 heavy (non-hydrogen) atoms. The second-order valence-electron chi connectivity index (χ2n) is 7.57. The highest BCUT2D eigenvalue weighted by Gasteiger charge is 2.17. The van der Waals surface area contributed by atoms with Crippen molar-refractivity contribution in [3.05, 3.63) is 53.6 Å². The van der Waals surface area contributed by atoms with Gasteiger partial charge in [0, 0.05) is 18.4 Å². The number of ether oxygens (including phenoxy) is 1. The van der Waals surface area contributed by atoms with Crippen molar-refractivity contribution in [1.29, 1.82) is 0 Å². The molecule has 166 valence electrons. The van der Waals surface area contributed by atoms with Crippen LogP contribution in [0, 0.1) is 13.8 Å². The third-order valence-electron chi connectivity index (χ3n) is 4.67. The second kappa shape index (κ2) is 11.1. The van der Waals surface area contributed by atoms with E-state index in [0.717, 1.165) is 16.8 Å². The maximum atomic E-state index is 12.4. The van der Waals surface area contributed by atoms with Gasteiger partial charge in [0.1, 0.15) is 5.75 Å². The fraction of sp³-hybridized carbons (Fsp3) is 0.348. The number of rotatable bonds is 9. The SMILES string of the molecule is COc1ccc(NC(=O)CN(C)CC(=O)N(C)CC(=O)Nc2cc(C)ccc2C)cc1. The summed E-state index contributed by atoms with van der Waals surface area (Å²) in [6, 6.07) is 12.8. The minimum atomic E-state index is -0.274. The number of benzene rings is 2. The van der Waals surface area contributed by atoms with Gasteiger partial charge in [0.25, 0.3) is 0 Å². The Kier molecular flexibility index (Phi) is 8.57. The van der Waals surface area contributed by atoms with Crippen LogP contribution in [-0.2, 0) is 14.4 Å². The van der Waals surface area contributed by atoms with Crippen LogP contribution in [-0.4, -0.2) is 68.4 Å². The van der Waals surface area contributed by atoms with Crippen molar-refractivity contribution >= 4 is 29.1 Å². The van der Waals surface area contributed by atoms with Crippen LogP contribution in [0.25, 0.3) is 0 Å². The summed E-state index contributed by atoms with van der Waals surface area (Å²) in [6.45, 7) is 3.85. The van der Waals surface area contributed by atoms with Gasteiger partial charge in [0.05, 0.1) is 26.7 Å². The van der Waals surface area contributed by atoms with Gasteiger partial charge in [-0.3, -0.25) is 19.3 Å². The highest BCUT2D eigenvalue weighted by Crippen LogP contribution is 2.16. The summed E-state index contributed by atoms with van der Waals surface area (Å²) in [7, 11) is 4.82. The van der Waals surface area contributed by atoms with Crippen molar-refractivity contribution in [2.24, 2.45) is 0 Å². The van der Waals surface area contributed by atoms with E-state index in [1.54, 1.807) is 50.4 Å². The molecule has 0 unspecified atom stereocenters. The molecule has 0 bridgehead atoms. The van der Waals surface area contributed by atoms with Crippen LogP contribution in [0.2, 0.25) is 0 Å². The van der Waals surface area contributed by atoms with Crippen molar-refractivity contribution in [3.63, 3.8) is 0 Å². The molecule has 0 aromatic heterocycles. The van der Waals surface area contributed by atoms with Crippen LogP contribution in [0.5, 0.6) is 5.75 Å². The number of hydrogen-bond donors (Lipinski definition) is 2. The minimum absolute atomic E-state index is 0.0171. The number of methoxy groups -OCH3 is 1. The molecule has 0 radical (unpaired) electrons. The first-order valence-electron chi connectivity index (χ1n) is 9.91. The molecule has 0 atom stereocenters. The molecular weight excluding hydrogens is 396 g/mol. The Bertz CT molecular complexity index is 928. The summed E-state index contributed by atoms with van der Waals surface area (Å²) in [5.41, 5.74) is 3.37. The van der Waals surface area contributed by atoms with Crippen LogP contribution in [0.1, 0.15) is 11.1 Å². The van der Waals surface area contributed by atoms with Gasteiger partial charge < -0.3 is 20.3 Å². The van der Waals surface area contributed by atoms with Gasteiger partial charge >= 0.3 is 0 Å². The van der Waals surface area contributed by atoms with Crippen molar-refractivity contribution < 1.29 is 19.1 Å². The Morgan fingerprint density at radius 1 is 0.871 bits per heavy atom. The molecule has 0 saturated carbocycles. The normalized spacial score (nSPS) is 10.5. The molecule has 2 N–H and O–H groups in total. The van der Waals surface area contributed by atoms with E-state index in [0.29, 0.717) is 11.4 Å². The fourth-order valence-corrected chi connectivity index (χ4v) is 2.89. The molecule has 2 rings (SSSR count). The summed E-state index contributed by atoms with van der Waals surface area (Å²) >= 11 is 0. The highest BCUT2D eigenvalue weighted by molar-refractivity contribution is 5.95. The number of nitrogens with zero attached hydrogens (tertiary/aromatic N) is 2. The topological polar surface area (TPSA) is 91.0 Å². The third kappa shape index (κ3) is 7.75. The molecule has 0 aliphatic rings. The Morgan fingerprint density at radius 3 is 2.16 bits per heavy atom. The lowest BCUT2D eigenvalue weighted by atomic mass is 10.1. The zero-order valence-corrected chi connectivity index (χ0v) is 18.7. The third-order valence-corrected chi connectivity index (χ3v) is 4.67. The number of nitrogens with one attached hydrogen (secondary N) is 2. The molecule has 0 aliphatic carbocycles. The van der Waals surface area contributed by atoms with Crippen LogP contribution < -0.4 is 15.4 Å². The summed E-state index contributed by atoms with van der Waals surface area (Å²) in [5.74, 6) is -0.0681. The summed E-state index contributed by atoms with van der Waals surface area (Å²) in [5, 5.41) is 5.61. The van der Waals surface area contributed by atoms with E-state index in [1.165, 1.54) is 4.90 Å². The van der Waals surface area contributed by atoms with E-state index in [1.807, 2.05) is 32.0 Å². The first-order valence-corrected chi connectivity index (χ1v) is 9.91. The molecule has 2 aromatic carbocycles. The Labute approximate surface area is 183 Å². The van der Waals surface area contributed by atoms with Crippen molar-refractivity contribution in [2.45, 2.75) is 13.8 Å². The zero-order valence-electron chi connectivity index (χ0n) is 18.7. The fourth-order valence-electron chi connectivity index (χ4n) is 2.89. The first kappa shape index (κ1) is 23.9. The lowest BCUT2D eigenvalue weighted by Crippen LogP contribution is -2.42. The van der Waals surface area contributed by atoms with Gasteiger partial charge in [-0.2, -0.15) is 0 Å². The number of carbonyl (C=O) groups excluding carboxylic acids is 3. The summed E-state index contributed by atoms with van der Waals surface area (Å²) in [4.78, 5) is 39.9. The Balaban J connectivity index is 1.79. The van der Waals surface area contributed by atoms with Crippen LogP contribution in [0.15, 0.2) is 42.5 Å². The predicted molar refractivity (Wildman–Crippen MR) is 121 cm³/mol. The summed E-state index contributed by atoms with van der Waals surface area (Å²) in [6.07, 6.45) is 0. The molecule has 0 fully saturated rings. The lowest BCUT2D eigenvalue weighted by molar-refractivity contribution is -0.134. The molecule has 3 amide bonds. The average molecular weight is 427 g/mol. The van der Waals surface area contributed by atoms with Gasteiger partial charge in [0.2, 0.25) is 17.7 Å². The smallest absolute Gasteiger partial charge is 0.243 e. The van der Waals surface area contributed by atoms with E-state index in [4.69, 9.17) is 4.74 Å². The van der Waals surface area contributed by atoms with Crippen LogP contribution in [0.4, 0.5) is 11.4 Å². The molecule has 2 aromatic rings. The predicted octanol–water partition coefficient (Wildman–Crippen LogP) is 2.28. The van der Waals surface area contributed by atoms with Gasteiger partial charge in [-0.15, -0.1) is 0 Å². The van der Waals surface area contributed by atoms with E-state index < -0.39 is 0 Å². The molecule has 8 nitrogen and oxygen atoms in total. The Hall–Kier alpha value is -3.39. The van der Waals surface area contributed by atoms with Crippen molar-refractivity contribution in [2.75, 3.05) is 51.5 Å². The monoisotopic (exact) mass is 426 g/mol. The standard InChI is InChI=1S/C23H30N4O4/c1-16-6-7-17(2)20(12-16)25-22(29)14-27(4)23(30)15-26(3)13-21(28)24-18-8-10-19(31-5)11-9-18/h6-12H,13-15H2,1-5H3,(H,24,28)(H,25,29). The van der Waals surface area contributed by atoms with E-state index in [2.05, 4.69) is 10.6 Å². The average Bonchev–Trinajstić information content (AvgIpc) is 2.70. The van der Waals surface area contributed by atoms with Crippen molar-refractivity contribution in [3.8, 4) is 5.75 Å². The largest absolute Gasteiger partial charge is 0.497 e. The number of hydrogen-bond acceptors (Lipinski definition) is 5. The van der Waals surface area contributed by atoms with Crippen molar-refractivity contribution in [1.82, 2.24) is 9.80 Å². The number of anilines is 2. The van der Waals surface area contributed by atoms with Gasteiger partial charge in [0.15, 0.2) is 0 Å². The number of likely N-dealkylation sites (N-methyl/N-ethyl adjacent to an activating group) is 2. The van der Waals surface area contributed by atoms with Gasteiger partial charge in [-0.1, -0.05) is 12.1 Å². The quantitative estimate of drug-likeness (QED) is 0.642. The molecule has 0 saturated heterocycles. The van der Waals surface area contributed by atoms with E-state index in [9.17, 15) is 14.4 Å². The van der Waals surface area contributed by atoms with Gasteiger partial charge in [-0.25, -0.2) is 0 Å². The van der Waals surface area contributed by atoms with Gasteiger partial charge in [-0.05, 0) is 62.4 Å². The number of aryl methyl sites for hydroxylation is 2. The first-order chi connectivity index (χ1) is 14.7. The van der Waals surface area contributed by atoms with E-state index >= 15 is 0 Å². The highest BCUT2D eigenvalue weighted by atomic mass is 16.5. The minimum Gasteiger partial charge on any atom is -0.497 e. The van der Waals surface area contributed by atoms with E-state index in [-0.39, 0.29) is 37.4 Å². The zero-order chi connectivity index (χ0) is 23.0. The molecular formula is C23H30N4O4. The summed E-state index contributed by atoms with van der Waals surface area (Å²) < 4.78 is 5.08. The molecule has 0 heterocycles.